The van der Waals surface area contributed by atoms with Gasteiger partial charge in [-0.25, -0.2) is 4.79 Å². The number of nitrogens with two attached hydrogens (primary N) is 1. The molecule has 2 aromatic heterocycles. The molecule has 1 radical (unpaired) electrons. The maximum absolute atomic E-state index is 11.9. The van der Waals surface area contributed by atoms with Crippen molar-refractivity contribution in [3.8, 4) is 11.6 Å². The molecule has 3 rings (SSSR count). The zero-order chi connectivity index (χ0) is 18.0. The Hall–Kier alpha value is -1.94. The van der Waals surface area contributed by atoms with Crippen molar-refractivity contribution in [3.05, 3.63) is 56.9 Å². The summed E-state index contributed by atoms with van der Waals surface area (Å²) >= 11 is 12.3. The van der Waals surface area contributed by atoms with E-state index in [-0.39, 0.29) is 65.9 Å². The van der Waals surface area contributed by atoms with E-state index in [4.69, 9.17) is 33.7 Å². The molecule has 2 heterocycles. The van der Waals surface area contributed by atoms with E-state index < -0.39 is 11.7 Å². The van der Waals surface area contributed by atoms with Crippen molar-refractivity contribution in [2.45, 2.75) is 0 Å². The molecule has 4 N–H and O–H groups in total. The third kappa shape index (κ3) is 4.82. The second kappa shape index (κ2) is 8.63. The first-order valence-corrected chi connectivity index (χ1v) is 7.35. The molecule has 9 nitrogen and oxygen atoms in total. The number of halogens is 2. The summed E-state index contributed by atoms with van der Waals surface area (Å²) < 4.78 is 9.75. The Balaban J connectivity index is 0.00000243. The number of aromatic amines is 1. The van der Waals surface area contributed by atoms with Gasteiger partial charge >= 0.3 is 5.76 Å². The molecule has 0 atom stereocenters. The Morgan fingerprint density at radius 2 is 2.04 bits per heavy atom. The molecule has 1 amide bonds. The van der Waals surface area contributed by atoms with E-state index in [9.17, 15) is 9.59 Å². The molecule has 0 saturated carbocycles. The van der Waals surface area contributed by atoms with Gasteiger partial charge in [0, 0.05) is 38.4 Å². The summed E-state index contributed by atoms with van der Waals surface area (Å²) in [7, 11) is 0. The van der Waals surface area contributed by atoms with E-state index in [2.05, 4.69) is 31.0 Å². The predicted octanol–water partition coefficient (Wildman–Crippen LogP) is 2.49. The minimum absolute atomic E-state index is 0. The molecular weight excluding hydrogens is 462 g/mol. The third-order valence-electron chi connectivity index (χ3n) is 2.81. The van der Waals surface area contributed by atoms with Crippen molar-refractivity contribution >= 4 is 40.5 Å². The number of nitrogen functional groups attached to an aromatic ring is 1. The van der Waals surface area contributed by atoms with E-state index in [1.54, 1.807) is 0 Å². The van der Waals surface area contributed by atoms with Crippen molar-refractivity contribution in [1.29, 1.82) is 0 Å². The van der Waals surface area contributed by atoms with E-state index >= 15 is 0 Å². The van der Waals surface area contributed by atoms with Gasteiger partial charge in [-0.05, 0) is 17.3 Å². The number of carbonyl (C=O) groups excluding carboxylic acids is 1. The standard InChI is InChI=1S/C14H8Cl2N5O4.Y/c15-8-3-7(19-13(22)12-20-14(23)25-21-12)4-9(16)11(8)24-10-2-1-6(17)5-18-10;/h2-5H,17H2,(H,19,22)(H,20,21,23);/q-1;. The molecule has 3 aromatic rings. The second-order valence-corrected chi connectivity index (χ2v) is 5.42. The number of hydrogen-bond acceptors (Lipinski definition) is 7. The van der Waals surface area contributed by atoms with Gasteiger partial charge in [0.2, 0.25) is 5.82 Å². The molecule has 0 bridgehead atoms. The zero-order valence-electron chi connectivity index (χ0n) is 12.7. The number of pyridine rings is 1. The second-order valence-electron chi connectivity index (χ2n) is 4.61. The Bertz CT molecular complexity index is 966. The number of hydrogen-bond donors (Lipinski definition) is 3. The summed E-state index contributed by atoms with van der Waals surface area (Å²) in [5.74, 6) is -1.52. The molecular formula is C14H8Cl2N5O4Y-. The number of benzene rings is 1. The van der Waals surface area contributed by atoms with E-state index in [1.807, 2.05) is 0 Å². The fourth-order valence-electron chi connectivity index (χ4n) is 1.76. The molecule has 0 aliphatic heterocycles. The quantitative estimate of drug-likeness (QED) is 0.499. The minimum atomic E-state index is -0.849. The number of nitrogens with zero attached hydrogens (tertiary/aromatic N) is 2. The Morgan fingerprint density at radius 1 is 1.35 bits per heavy atom. The Kier molecular flexibility index (Phi) is 6.77. The van der Waals surface area contributed by atoms with Crippen LogP contribution in [0.15, 0.2) is 33.7 Å². The van der Waals surface area contributed by atoms with Crippen LogP contribution in [0.1, 0.15) is 10.6 Å². The van der Waals surface area contributed by atoms with Crippen LogP contribution < -0.4 is 21.5 Å². The van der Waals surface area contributed by atoms with Gasteiger partial charge in [0.05, 0.1) is 10.0 Å². The van der Waals surface area contributed by atoms with Crippen LogP contribution in [-0.4, -0.2) is 21.0 Å². The van der Waals surface area contributed by atoms with Crippen LogP contribution in [0, 0.1) is 6.07 Å². The summed E-state index contributed by atoms with van der Waals surface area (Å²) in [5, 5.41) is 5.97. The number of anilines is 2. The Morgan fingerprint density at radius 3 is 2.58 bits per heavy atom. The van der Waals surface area contributed by atoms with Crippen molar-refractivity contribution in [1.82, 2.24) is 15.1 Å². The fourth-order valence-corrected chi connectivity index (χ4v) is 2.32. The maximum Gasteiger partial charge on any atom is 0.439 e. The SMILES string of the molecule is Nc1[c-]cc(Oc2c(Cl)cc(NC(=O)c3noc(=O)[nH]3)cc2Cl)nc1.[Y]. The van der Waals surface area contributed by atoms with Crippen LogP contribution >= 0.6 is 23.2 Å². The number of nitrogens with one attached hydrogen (secondary N) is 2. The number of carbonyl (C=O) groups is 1. The van der Waals surface area contributed by atoms with Crippen LogP contribution in [0.3, 0.4) is 0 Å². The summed E-state index contributed by atoms with van der Waals surface area (Å²) in [6.45, 7) is 0. The third-order valence-corrected chi connectivity index (χ3v) is 3.37. The zero-order valence-corrected chi connectivity index (χ0v) is 17.1. The van der Waals surface area contributed by atoms with Crippen LogP contribution in [0.5, 0.6) is 11.6 Å². The van der Waals surface area contributed by atoms with Crippen LogP contribution in [-0.2, 0) is 32.7 Å². The number of ether oxygens (including phenoxy) is 1. The predicted molar refractivity (Wildman–Crippen MR) is 89.1 cm³/mol. The first kappa shape index (κ1) is 20.4. The summed E-state index contributed by atoms with van der Waals surface area (Å²) in [6, 6.07) is 6.95. The van der Waals surface area contributed by atoms with Crippen LogP contribution in [0.4, 0.5) is 11.4 Å². The first-order valence-electron chi connectivity index (χ1n) is 6.60. The number of amides is 1. The first-order chi connectivity index (χ1) is 11.9. The largest absolute Gasteiger partial charge is 0.496 e. The van der Waals surface area contributed by atoms with E-state index in [1.165, 1.54) is 24.4 Å². The molecule has 131 valence electrons. The number of aromatic nitrogens is 3. The van der Waals surface area contributed by atoms with Gasteiger partial charge in [-0.15, -0.1) is 6.07 Å². The van der Waals surface area contributed by atoms with Crippen LogP contribution in [0.2, 0.25) is 10.0 Å². The number of rotatable bonds is 4. The molecule has 1 aromatic carbocycles. The smallest absolute Gasteiger partial charge is 0.439 e. The van der Waals surface area contributed by atoms with Crippen molar-refractivity contribution < 1.29 is 46.8 Å². The summed E-state index contributed by atoms with van der Waals surface area (Å²) in [4.78, 5) is 28.8. The topological polar surface area (TPSA) is 136 Å². The van der Waals surface area contributed by atoms with Crippen molar-refractivity contribution in [3.63, 3.8) is 0 Å². The average molecular weight is 470 g/mol. The number of H-pyrrole nitrogens is 1. The van der Waals surface area contributed by atoms with Gasteiger partial charge in [0.25, 0.3) is 5.91 Å². The molecule has 12 heteroatoms. The molecule has 0 aliphatic carbocycles. The van der Waals surface area contributed by atoms with Gasteiger partial charge in [-0.2, -0.15) is 6.07 Å². The van der Waals surface area contributed by atoms with Gasteiger partial charge in [0.1, 0.15) is 11.6 Å². The fraction of sp³-hybridized carbons (Fsp3) is 0. The van der Waals surface area contributed by atoms with Crippen molar-refractivity contribution in [2.24, 2.45) is 0 Å². The van der Waals surface area contributed by atoms with Gasteiger partial charge in [-0.3, -0.25) is 14.3 Å². The van der Waals surface area contributed by atoms with E-state index in [0.29, 0.717) is 5.69 Å². The van der Waals surface area contributed by atoms with Gasteiger partial charge in [-0.1, -0.05) is 35.1 Å². The molecule has 0 spiro atoms. The molecule has 0 aliphatic rings. The maximum atomic E-state index is 11.9. The summed E-state index contributed by atoms with van der Waals surface area (Å²) in [6.07, 6.45) is 1.37. The molecule has 0 unspecified atom stereocenters. The molecule has 0 fully saturated rings. The normalized spacial score (nSPS) is 10.1. The Labute approximate surface area is 181 Å². The molecule has 0 saturated heterocycles. The van der Waals surface area contributed by atoms with E-state index in [0.717, 1.165) is 0 Å². The van der Waals surface area contributed by atoms with Gasteiger partial charge in [0.15, 0.2) is 0 Å². The summed E-state index contributed by atoms with van der Waals surface area (Å²) in [5.41, 5.74) is 6.11. The van der Waals surface area contributed by atoms with Crippen LogP contribution in [0.25, 0.3) is 0 Å². The monoisotopic (exact) mass is 469 g/mol. The van der Waals surface area contributed by atoms with Crippen molar-refractivity contribution in [2.75, 3.05) is 11.1 Å². The average Bonchev–Trinajstić information content (AvgIpc) is 2.99. The minimum Gasteiger partial charge on any atom is -0.496 e. The molecule has 26 heavy (non-hydrogen) atoms. The van der Waals surface area contributed by atoms with Gasteiger partial charge < -0.3 is 20.8 Å².